The van der Waals surface area contributed by atoms with Gasteiger partial charge in [0.1, 0.15) is 10.6 Å². The van der Waals surface area contributed by atoms with Gasteiger partial charge in [-0.2, -0.15) is 8.42 Å². The molecule has 0 unspecified atom stereocenters. The average molecular weight is 606 g/mol. The SMILES string of the molecule is Cc1ccc(S(=O)(=O)Oc2ccc(Br)cc2/C=C2/SC(=Nc3ccccc3)N(c3ccccc3)C2=O)cc1. The average Bonchev–Trinajstić information content (AvgIpc) is 3.21. The molecule has 0 bridgehead atoms. The van der Waals surface area contributed by atoms with Crippen molar-refractivity contribution in [1.29, 1.82) is 0 Å². The number of aryl methyl sites for hydroxylation is 1. The Morgan fingerprint density at radius 2 is 1.55 bits per heavy atom. The third kappa shape index (κ3) is 5.75. The van der Waals surface area contributed by atoms with Crippen molar-refractivity contribution >= 4 is 66.3 Å². The third-order valence-corrected chi connectivity index (χ3v) is 8.28. The van der Waals surface area contributed by atoms with Crippen LogP contribution in [0, 0.1) is 6.92 Å². The number of aliphatic imine (C=N–C) groups is 1. The topological polar surface area (TPSA) is 76.0 Å². The number of para-hydroxylation sites is 2. The highest BCUT2D eigenvalue weighted by Crippen LogP contribution is 2.39. The summed E-state index contributed by atoms with van der Waals surface area (Å²) < 4.78 is 32.2. The maximum atomic E-state index is 13.6. The van der Waals surface area contributed by atoms with E-state index >= 15 is 0 Å². The summed E-state index contributed by atoms with van der Waals surface area (Å²) >= 11 is 4.65. The predicted octanol–water partition coefficient (Wildman–Crippen LogP) is 7.33. The minimum absolute atomic E-state index is 0.0449. The fourth-order valence-electron chi connectivity index (χ4n) is 3.69. The maximum absolute atomic E-state index is 13.6. The van der Waals surface area contributed by atoms with Crippen LogP contribution in [-0.2, 0) is 14.9 Å². The molecule has 190 valence electrons. The minimum atomic E-state index is -4.09. The van der Waals surface area contributed by atoms with Crippen molar-refractivity contribution in [2.24, 2.45) is 4.99 Å². The molecule has 0 spiro atoms. The van der Waals surface area contributed by atoms with Gasteiger partial charge in [0, 0.05) is 10.0 Å². The number of carbonyl (C=O) groups is 1. The second-order valence-electron chi connectivity index (χ2n) is 8.35. The van der Waals surface area contributed by atoms with E-state index in [-0.39, 0.29) is 16.6 Å². The Hall–Kier alpha value is -3.66. The molecule has 0 radical (unpaired) electrons. The zero-order valence-electron chi connectivity index (χ0n) is 20.1. The van der Waals surface area contributed by atoms with E-state index in [9.17, 15) is 13.2 Å². The van der Waals surface area contributed by atoms with Gasteiger partial charge in [-0.15, -0.1) is 0 Å². The largest absolute Gasteiger partial charge is 0.378 e. The number of hydrogen-bond donors (Lipinski definition) is 0. The number of rotatable bonds is 6. The lowest BCUT2D eigenvalue weighted by Crippen LogP contribution is -2.28. The number of benzene rings is 4. The van der Waals surface area contributed by atoms with Crippen LogP contribution in [0.1, 0.15) is 11.1 Å². The molecule has 0 N–H and O–H groups in total. The first-order valence-corrected chi connectivity index (χ1v) is 14.6. The lowest BCUT2D eigenvalue weighted by atomic mass is 10.2. The van der Waals surface area contributed by atoms with Gasteiger partial charge in [0.25, 0.3) is 5.91 Å². The molecular weight excluding hydrogens is 584 g/mol. The van der Waals surface area contributed by atoms with Crippen LogP contribution in [0.3, 0.4) is 0 Å². The number of amidine groups is 1. The van der Waals surface area contributed by atoms with Crippen molar-refractivity contribution < 1.29 is 17.4 Å². The predicted molar refractivity (Wildman–Crippen MR) is 156 cm³/mol. The monoisotopic (exact) mass is 604 g/mol. The van der Waals surface area contributed by atoms with Crippen LogP contribution in [0.5, 0.6) is 5.75 Å². The molecule has 1 fully saturated rings. The van der Waals surface area contributed by atoms with Crippen molar-refractivity contribution in [2.45, 2.75) is 11.8 Å². The standard InChI is InChI=1S/C29H21BrN2O4S2/c1-20-12-15-25(16-13-20)38(34,35)36-26-17-14-22(30)18-21(26)19-27-28(33)32(24-10-6-3-7-11-24)29(37-27)31-23-8-4-2-5-9-23/h2-19H,1H3/b27-19+,31-29?. The lowest BCUT2D eigenvalue weighted by Gasteiger charge is -2.15. The summed E-state index contributed by atoms with van der Waals surface area (Å²) in [5.74, 6) is -0.169. The van der Waals surface area contributed by atoms with E-state index in [1.54, 1.807) is 41.3 Å². The van der Waals surface area contributed by atoms with Crippen molar-refractivity contribution in [2.75, 3.05) is 4.90 Å². The number of carbonyl (C=O) groups excluding carboxylic acids is 1. The Balaban J connectivity index is 1.54. The molecule has 4 aromatic carbocycles. The number of amides is 1. The van der Waals surface area contributed by atoms with E-state index in [4.69, 9.17) is 9.18 Å². The molecule has 5 rings (SSSR count). The molecule has 9 heteroatoms. The number of anilines is 1. The molecular formula is C29H21BrN2O4S2. The molecule has 1 saturated heterocycles. The van der Waals surface area contributed by atoms with Crippen molar-refractivity contribution in [3.63, 3.8) is 0 Å². The van der Waals surface area contributed by atoms with Gasteiger partial charge >= 0.3 is 10.1 Å². The van der Waals surface area contributed by atoms with Gasteiger partial charge in [-0.25, -0.2) is 4.99 Å². The fraction of sp³-hybridized carbons (Fsp3) is 0.0345. The van der Waals surface area contributed by atoms with Gasteiger partial charge in [-0.05, 0) is 79.4 Å². The van der Waals surface area contributed by atoms with Gasteiger partial charge in [0.2, 0.25) is 0 Å². The summed E-state index contributed by atoms with van der Waals surface area (Å²) in [6, 6.07) is 30.0. The molecule has 1 amide bonds. The lowest BCUT2D eigenvalue weighted by molar-refractivity contribution is -0.113. The molecule has 6 nitrogen and oxygen atoms in total. The number of nitrogens with zero attached hydrogens (tertiary/aromatic N) is 2. The summed E-state index contributed by atoms with van der Waals surface area (Å²) in [6.07, 6.45) is 1.63. The first-order valence-electron chi connectivity index (χ1n) is 11.5. The highest BCUT2D eigenvalue weighted by molar-refractivity contribution is 9.10. The zero-order valence-corrected chi connectivity index (χ0v) is 23.3. The van der Waals surface area contributed by atoms with E-state index < -0.39 is 10.1 Å². The highest BCUT2D eigenvalue weighted by Gasteiger charge is 2.35. The Morgan fingerprint density at radius 1 is 0.895 bits per heavy atom. The molecule has 0 aliphatic carbocycles. The Bertz CT molecular complexity index is 1650. The van der Waals surface area contributed by atoms with Crippen LogP contribution in [0.2, 0.25) is 0 Å². The maximum Gasteiger partial charge on any atom is 0.339 e. The Kier molecular flexibility index (Phi) is 7.51. The smallest absolute Gasteiger partial charge is 0.339 e. The highest BCUT2D eigenvalue weighted by atomic mass is 79.9. The first kappa shape index (κ1) is 26.0. The van der Waals surface area contributed by atoms with Crippen LogP contribution in [0.25, 0.3) is 6.08 Å². The number of halogens is 1. The molecule has 38 heavy (non-hydrogen) atoms. The second-order valence-corrected chi connectivity index (χ2v) is 11.8. The van der Waals surface area contributed by atoms with Crippen LogP contribution >= 0.6 is 27.7 Å². The van der Waals surface area contributed by atoms with E-state index in [1.807, 2.05) is 67.6 Å². The van der Waals surface area contributed by atoms with Crippen LogP contribution in [0.15, 0.2) is 122 Å². The minimum Gasteiger partial charge on any atom is -0.378 e. The van der Waals surface area contributed by atoms with Gasteiger partial charge in [-0.1, -0.05) is 70.0 Å². The van der Waals surface area contributed by atoms with Crippen molar-refractivity contribution in [1.82, 2.24) is 0 Å². The van der Waals surface area contributed by atoms with Gasteiger partial charge in [0.05, 0.1) is 16.3 Å². The van der Waals surface area contributed by atoms with E-state index in [0.717, 1.165) is 5.56 Å². The fourth-order valence-corrected chi connectivity index (χ4v) is 6.01. The second kappa shape index (κ2) is 11.0. The molecule has 1 aliphatic rings. The summed E-state index contributed by atoms with van der Waals surface area (Å²) in [6.45, 7) is 1.88. The van der Waals surface area contributed by atoms with Crippen LogP contribution in [0.4, 0.5) is 11.4 Å². The van der Waals surface area contributed by atoms with Crippen molar-refractivity contribution in [3.8, 4) is 5.75 Å². The van der Waals surface area contributed by atoms with Crippen LogP contribution < -0.4 is 9.08 Å². The summed E-state index contributed by atoms with van der Waals surface area (Å²) in [7, 11) is -4.09. The van der Waals surface area contributed by atoms with Gasteiger partial charge in [-0.3, -0.25) is 9.69 Å². The quantitative estimate of drug-likeness (QED) is 0.170. The van der Waals surface area contributed by atoms with Gasteiger partial charge in [0.15, 0.2) is 5.17 Å². The zero-order chi connectivity index (χ0) is 26.7. The van der Waals surface area contributed by atoms with Crippen LogP contribution in [-0.4, -0.2) is 19.5 Å². The first-order chi connectivity index (χ1) is 18.3. The third-order valence-electron chi connectivity index (χ3n) is 5.57. The number of thioether (sulfide) groups is 1. The number of hydrogen-bond acceptors (Lipinski definition) is 6. The van der Waals surface area contributed by atoms with E-state index in [0.29, 0.717) is 31.5 Å². The molecule has 4 aromatic rings. The Labute approximate surface area is 233 Å². The molecule has 0 aromatic heterocycles. The van der Waals surface area contributed by atoms with Gasteiger partial charge < -0.3 is 4.18 Å². The molecule has 1 heterocycles. The summed E-state index contributed by atoms with van der Waals surface area (Å²) in [5, 5.41) is 0.489. The normalized spacial score (nSPS) is 15.8. The van der Waals surface area contributed by atoms with E-state index in [2.05, 4.69) is 15.9 Å². The summed E-state index contributed by atoms with van der Waals surface area (Å²) in [5.41, 5.74) is 2.75. The molecule has 0 saturated carbocycles. The van der Waals surface area contributed by atoms with Crippen molar-refractivity contribution in [3.05, 3.63) is 124 Å². The summed E-state index contributed by atoms with van der Waals surface area (Å²) in [4.78, 5) is 20.3. The Morgan fingerprint density at radius 3 is 2.24 bits per heavy atom. The molecule has 1 aliphatic heterocycles. The molecule has 0 atom stereocenters. The van der Waals surface area contributed by atoms with E-state index in [1.165, 1.54) is 23.9 Å².